The van der Waals surface area contributed by atoms with Crippen LogP contribution in [0.2, 0.25) is 10.0 Å². The fourth-order valence-corrected chi connectivity index (χ4v) is 5.58. The number of halogens is 2. The van der Waals surface area contributed by atoms with Gasteiger partial charge in [-0.1, -0.05) is 23.2 Å². The van der Waals surface area contributed by atoms with Crippen molar-refractivity contribution in [3.8, 4) is 22.9 Å². The lowest BCUT2D eigenvalue weighted by atomic mass is 9.91. The Kier molecular flexibility index (Phi) is 9.46. The second-order valence-electron chi connectivity index (χ2n) is 10.4. The number of hydrogen-bond donors (Lipinski definition) is 3. The predicted octanol–water partition coefficient (Wildman–Crippen LogP) is 4.34. The standard InChI is InChI=1S/C29H34Cl2N6O4/c1-40-28(38)34-19-29(39)4-8-36(9-5-29)18-20-12-25(21-14-22(30)16-23(31)15-21)35-27(13-20)41-24-2-3-26(33-17-24)37-10-6-32-7-11-37/h2-3,12-17,32,39H,4-11,18-19H2,1H3,(H,34,38). The van der Waals surface area contributed by atoms with E-state index in [1.165, 1.54) is 7.11 Å². The average molecular weight is 602 g/mol. The molecule has 2 saturated heterocycles. The first-order valence-corrected chi connectivity index (χ1v) is 14.4. The molecule has 0 spiro atoms. The first kappa shape index (κ1) is 29.3. The Morgan fingerprint density at radius 3 is 2.46 bits per heavy atom. The molecule has 5 rings (SSSR count). The van der Waals surface area contributed by atoms with Gasteiger partial charge in [0.2, 0.25) is 5.88 Å². The van der Waals surface area contributed by atoms with E-state index in [9.17, 15) is 9.90 Å². The third-order valence-electron chi connectivity index (χ3n) is 7.34. The van der Waals surface area contributed by atoms with E-state index >= 15 is 0 Å². The number of aromatic nitrogens is 2. The molecule has 10 nitrogen and oxygen atoms in total. The molecule has 2 aromatic heterocycles. The summed E-state index contributed by atoms with van der Waals surface area (Å²) in [5.41, 5.74) is 1.49. The highest BCUT2D eigenvalue weighted by Gasteiger charge is 2.32. The van der Waals surface area contributed by atoms with Crippen LogP contribution in [0.3, 0.4) is 0 Å². The number of nitrogens with one attached hydrogen (secondary N) is 2. The van der Waals surface area contributed by atoms with E-state index in [4.69, 9.17) is 32.9 Å². The Bertz CT molecular complexity index is 1330. The molecule has 1 amide bonds. The van der Waals surface area contributed by atoms with E-state index in [0.29, 0.717) is 59.8 Å². The van der Waals surface area contributed by atoms with E-state index < -0.39 is 11.7 Å². The molecule has 0 aliphatic carbocycles. The lowest BCUT2D eigenvalue weighted by Gasteiger charge is -2.38. The van der Waals surface area contributed by atoms with Crippen LogP contribution in [-0.4, -0.2) is 84.6 Å². The van der Waals surface area contributed by atoms with Crippen molar-refractivity contribution >= 4 is 35.1 Å². The van der Waals surface area contributed by atoms with Gasteiger partial charge >= 0.3 is 6.09 Å². The summed E-state index contributed by atoms with van der Waals surface area (Å²) in [5, 5.41) is 17.9. The predicted molar refractivity (Wildman–Crippen MR) is 159 cm³/mol. The van der Waals surface area contributed by atoms with Gasteiger partial charge in [-0.15, -0.1) is 0 Å². The van der Waals surface area contributed by atoms with Gasteiger partial charge in [-0.3, -0.25) is 4.90 Å². The zero-order valence-electron chi connectivity index (χ0n) is 22.9. The van der Waals surface area contributed by atoms with Crippen LogP contribution in [0.15, 0.2) is 48.7 Å². The number of carbonyl (C=O) groups excluding carboxylic acids is 1. The smallest absolute Gasteiger partial charge is 0.406 e. The fourth-order valence-electron chi connectivity index (χ4n) is 5.06. The summed E-state index contributed by atoms with van der Waals surface area (Å²) in [6.07, 6.45) is 2.21. The summed E-state index contributed by atoms with van der Waals surface area (Å²) in [6, 6.07) is 13.1. The number of likely N-dealkylation sites (tertiary alicyclic amines) is 1. The molecule has 0 atom stereocenters. The molecule has 218 valence electrons. The van der Waals surface area contributed by atoms with Crippen LogP contribution in [0.5, 0.6) is 11.6 Å². The van der Waals surface area contributed by atoms with E-state index in [-0.39, 0.29) is 6.54 Å². The fraction of sp³-hybridized carbons (Fsp3) is 0.414. The minimum absolute atomic E-state index is 0.155. The SMILES string of the molecule is COC(=O)NCC1(O)CCN(Cc2cc(Oc3ccc(N4CCNCC4)nc3)nc(-c3cc(Cl)cc(Cl)c3)c2)CC1. The van der Waals surface area contributed by atoms with Gasteiger partial charge < -0.3 is 30.1 Å². The van der Waals surface area contributed by atoms with E-state index in [1.807, 2.05) is 36.4 Å². The van der Waals surface area contributed by atoms with Gasteiger partial charge in [-0.05, 0) is 54.8 Å². The molecule has 41 heavy (non-hydrogen) atoms. The number of benzene rings is 1. The Hall–Kier alpha value is -3.15. The second-order valence-corrected chi connectivity index (χ2v) is 11.3. The first-order chi connectivity index (χ1) is 19.8. The minimum atomic E-state index is -0.968. The number of piperazine rings is 1. The first-order valence-electron chi connectivity index (χ1n) is 13.6. The van der Waals surface area contributed by atoms with Crippen LogP contribution in [0, 0.1) is 0 Å². The van der Waals surface area contributed by atoms with Gasteiger partial charge in [0, 0.05) is 74.0 Å². The molecule has 3 N–H and O–H groups in total. The molecule has 2 fully saturated rings. The maximum atomic E-state index is 11.4. The maximum absolute atomic E-state index is 11.4. The van der Waals surface area contributed by atoms with Gasteiger partial charge in [0.25, 0.3) is 0 Å². The second kappa shape index (κ2) is 13.2. The molecule has 3 aromatic rings. The van der Waals surface area contributed by atoms with Crippen LogP contribution in [0.25, 0.3) is 11.3 Å². The third kappa shape index (κ3) is 7.99. The van der Waals surface area contributed by atoms with Crippen molar-refractivity contribution < 1.29 is 19.4 Å². The van der Waals surface area contributed by atoms with Crippen molar-refractivity contribution in [2.24, 2.45) is 0 Å². The monoisotopic (exact) mass is 600 g/mol. The van der Waals surface area contributed by atoms with Crippen LogP contribution >= 0.6 is 23.2 Å². The molecule has 2 aliphatic rings. The number of anilines is 1. The van der Waals surface area contributed by atoms with Crippen LogP contribution < -0.4 is 20.3 Å². The summed E-state index contributed by atoms with van der Waals surface area (Å²) < 4.78 is 10.8. The summed E-state index contributed by atoms with van der Waals surface area (Å²) in [5.74, 6) is 1.94. The van der Waals surface area contributed by atoms with Crippen molar-refractivity contribution in [3.63, 3.8) is 0 Å². The zero-order chi connectivity index (χ0) is 28.8. The number of alkyl carbamates (subject to hydrolysis) is 1. The number of ether oxygens (including phenoxy) is 2. The molecule has 0 unspecified atom stereocenters. The van der Waals surface area contributed by atoms with Crippen molar-refractivity contribution in [1.29, 1.82) is 0 Å². The number of hydrogen-bond acceptors (Lipinski definition) is 9. The molecule has 1 aromatic carbocycles. The lowest BCUT2D eigenvalue weighted by Crippen LogP contribution is -2.50. The van der Waals surface area contributed by atoms with Crippen molar-refractivity contribution in [2.45, 2.75) is 25.0 Å². The number of rotatable bonds is 8. The Balaban J connectivity index is 1.33. The minimum Gasteiger partial charge on any atom is -0.453 e. The zero-order valence-corrected chi connectivity index (χ0v) is 24.4. The van der Waals surface area contributed by atoms with E-state index in [0.717, 1.165) is 43.1 Å². The highest BCUT2D eigenvalue weighted by molar-refractivity contribution is 6.35. The number of piperidine rings is 1. The van der Waals surface area contributed by atoms with Gasteiger partial charge in [0.1, 0.15) is 11.6 Å². The number of aliphatic hydroxyl groups is 1. The van der Waals surface area contributed by atoms with E-state index in [2.05, 4.69) is 30.2 Å². The number of amides is 1. The summed E-state index contributed by atoms with van der Waals surface area (Å²) in [7, 11) is 1.30. The van der Waals surface area contributed by atoms with Crippen molar-refractivity contribution in [3.05, 3.63) is 64.3 Å². The Morgan fingerprint density at radius 2 is 1.80 bits per heavy atom. The molecule has 0 saturated carbocycles. The molecule has 2 aliphatic heterocycles. The largest absolute Gasteiger partial charge is 0.453 e. The summed E-state index contributed by atoms with van der Waals surface area (Å²) in [4.78, 5) is 25.3. The van der Waals surface area contributed by atoms with Crippen LogP contribution in [0.1, 0.15) is 18.4 Å². The molecule has 12 heteroatoms. The highest BCUT2D eigenvalue weighted by atomic mass is 35.5. The quantitative estimate of drug-likeness (QED) is 0.347. The third-order valence-corrected chi connectivity index (χ3v) is 7.78. The van der Waals surface area contributed by atoms with Gasteiger partial charge in [-0.25, -0.2) is 14.8 Å². The average Bonchev–Trinajstić information content (AvgIpc) is 2.97. The molecule has 0 radical (unpaired) electrons. The van der Waals surface area contributed by atoms with Crippen LogP contribution in [0.4, 0.5) is 10.6 Å². The van der Waals surface area contributed by atoms with Crippen LogP contribution in [-0.2, 0) is 11.3 Å². The Labute approximate surface area is 249 Å². The van der Waals surface area contributed by atoms with Crippen molar-refractivity contribution in [2.75, 3.05) is 57.8 Å². The lowest BCUT2D eigenvalue weighted by molar-refractivity contribution is -0.0211. The summed E-state index contributed by atoms with van der Waals surface area (Å²) in [6.45, 7) is 5.81. The molecule has 0 bridgehead atoms. The van der Waals surface area contributed by atoms with E-state index in [1.54, 1.807) is 12.3 Å². The molecule has 4 heterocycles. The highest BCUT2D eigenvalue weighted by Crippen LogP contribution is 2.31. The maximum Gasteiger partial charge on any atom is 0.406 e. The number of carbonyl (C=O) groups is 1. The molecular formula is C29H34Cl2N6O4. The van der Waals surface area contributed by atoms with Crippen molar-refractivity contribution in [1.82, 2.24) is 25.5 Å². The van der Waals surface area contributed by atoms with Gasteiger partial charge in [0.15, 0.2) is 0 Å². The number of pyridine rings is 2. The molecular weight excluding hydrogens is 567 g/mol. The number of methoxy groups -OCH3 is 1. The topological polar surface area (TPSA) is 112 Å². The number of nitrogens with zero attached hydrogens (tertiary/aromatic N) is 4. The normalized spacial score (nSPS) is 17.2. The Morgan fingerprint density at radius 1 is 1.07 bits per heavy atom. The summed E-state index contributed by atoms with van der Waals surface area (Å²) >= 11 is 12.6. The van der Waals surface area contributed by atoms with Gasteiger partial charge in [-0.2, -0.15) is 0 Å². The van der Waals surface area contributed by atoms with Gasteiger partial charge in [0.05, 0.1) is 24.6 Å².